The van der Waals surface area contributed by atoms with Crippen molar-refractivity contribution in [2.75, 3.05) is 18.5 Å². The molecule has 1 atom stereocenters. The topological polar surface area (TPSA) is 42.5 Å². The monoisotopic (exact) mass is 342 g/mol. The summed E-state index contributed by atoms with van der Waals surface area (Å²) >= 11 is 5.43. The highest BCUT2D eigenvalue weighted by Gasteiger charge is 2.13. The fraction of sp³-hybridized carbons (Fsp3) is 0.316. The third-order valence-electron chi connectivity index (χ3n) is 4.18. The van der Waals surface area contributed by atoms with Crippen molar-refractivity contribution < 1.29 is 9.47 Å². The molecular weight excluding hydrogens is 320 g/mol. The van der Waals surface area contributed by atoms with E-state index in [0.29, 0.717) is 18.3 Å². The van der Waals surface area contributed by atoms with Crippen molar-refractivity contribution >= 4 is 23.0 Å². The van der Waals surface area contributed by atoms with Crippen molar-refractivity contribution in [2.24, 2.45) is 0 Å². The average molecular weight is 342 g/mol. The Morgan fingerprint density at radius 1 is 1.00 bits per heavy atom. The molecule has 0 saturated carbocycles. The minimum absolute atomic E-state index is 0.126. The molecule has 2 aromatic rings. The molecule has 1 aliphatic heterocycles. The smallest absolute Gasteiger partial charge is 0.171 e. The van der Waals surface area contributed by atoms with Crippen molar-refractivity contribution in [3.63, 3.8) is 0 Å². The number of anilines is 1. The van der Waals surface area contributed by atoms with Gasteiger partial charge in [0.2, 0.25) is 0 Å². The minimum atomic E-state index is 0.126. The van der Waals surface area contributed by atoms with Gasteiger partial charge in [-0.25, -0.2) is 0 Å². The minimum Gasteiger partial charge on any atom is -0.486 e. The Kier molecular flexibility index (Phi) is 4.90. The molecule has 0 aliphatic carbocycles. The first-order valence-electron chi connectivity index (χ1n) is 8.07. The van der Waals surface area contributed by atoms with Crippen molar-refractivity contribution in [3.8, 4) is 11.5 Å². The number of aryl methyl sites for hydroxylation is 2. The molecule has 2 N–H and O–H groups in total. The molecule has 0 amide bonds. The van der Waals surface area contributed by atoms with Gasteiger partial charge >= 0.3 is 0 Å². The van der Waals surface area contributed by atoms with E-state index < -0.39 is 0 Å². The van der Waals surface area contributed by atoms with Crippen LogP contribution in [-0.2, 0) is 0 Å². The lowest BCUT2D eigenvalue weighted by Gasteiger charge is -2.21. The van der Waals surface area contributed by atoms with Crippen LogP contribution in [0.4, 0.5) is 5.69 Å². The lowest BCUT2D eigenvalue weighted by molar-refractivity contribution is 0.171. The molecule has 1 heterocycles. The first-order chi connectivity index (χ1) is 11.5. The Hall–Kier alpha value is -2.27. The number of rotatable bonds is 3. The van der Waals surface area contributed by atoms with Crippen LogP contribution in [0.5, 0.6) is 11.5 Å². The van der Waals surface area contributed by atoms with Crippen LogP contribution in [-0.4, -0.2) is 18.3 Å². The van der Waals surface area contributed by atoms with Crippen molar-refractivity contribution in [2.45, 2.75) is 26.8 Å². The van der Waals surface area contributed by atoms with E-state index in [-0.39, 0.29) is 6.04 Å². The highest BCUT2D eigenvalue weighted by atomic mass is 32.1. The summed E-state index contributed by atoms with van der Waals surface area (Å²) in [5.41, 5.74) is 4.67. The Balaban J connectivity index is 1.63. The van der Waals surface area contributed by atoms with E-state index in [0.717, 1.165) is 17.2 Å². The van der Waals surface area contributed by atoms with E-state index in [9.17, 15) is 0 Å². The quantitative estimate of drug-likeness (QED) is 0.821. The molecule has 0 spiro atoms. The van der Waals surface area contributed by atoms with Crippen LogP contribution in [0.1, 0.15) is 29.7 Å². The predicted molar refractivity (Wildman–Crippen MR) is 101 cm³/mol. The standard InChI is InChI=1S/C19H22N2O2S/c1-12-4-5-15(10-13(12)2)14(3)20-19(24)21-16-6-7-17-18(11-16)23-9-8-22-17/h4-7,10-11,14H,8-9H2,1-3H3,(H2,20,21,24)/t14-/m1/s1. The summed E-state index contributed by atoms with van der Waals surface area (Å²) in [6, 6.07) is 12.3. The van der Waals surface area contributed by atoms with Gasteiger partial charge in [0.1, 0.15) is 13.2 Å². The number of hydrogen-bond acceptors (Lipinski definition) is 3. The molecule has 3 rings (SSSR count). The number of nitrogens with one attached hydrogen (secondary N) is 2. The third-order valence-corrected chi connectivity index (χ3v) is 4.40. The zero-order chi connectivity index (χ0) is 17.1. The molecule has 126 valence electrons. The van der Waals surface area contributed by atoms with Crippen molar-refractivity contribution in [1.82, 2.24) is 5.32 Å². The average Bonchev–Trinajstić information content (AvgIpc) is 2.57. The fourth-order valence-corrected chi connectivity index (χ4v) is 2.90. The molecule has 4 nitrogen and oxygen atoms in total. The van der Waals surface area contributed by atoms with Crippen LogP contribution in [0.3, 0.4) is 0 Å². The summed E-state index contributed by atoms with van der Waals surface area (Å²) in [7, 11) is 0. The number of hydrogen-bond donors (Lipinski definition) is 2. The molecule has 0 saturated heterocycles. The Labute approximate surface area is 148 Å². The first-order valence-corrected chi connectivity index (χ1v) is 8.48. The van der Waals surface area contributed by atoms with Crippen LogP contribution in [0.2, 0.25) is 0 Å². The second-order valence-electron chi connectivity index (χ2n) is 6.02. The van der Waals surface area contributed by atoms with Gasteiger partial charge in [-0.05, 0) is 61.8 Å². The summed E-state index contributed by atoms with van der Waals surface area (Å²) in [5.74, 6) is 1.52. The van der Waals surface area contributed by atoms with E-state index in [1.54, 1.807) is 0 Å². The van der Waals surface area contributed by atoms with Crippen LogP contribution in [0.25, 0.3) is 0 Å². The maximum atomic E-state index is 5.59. The highest BCUT2D eigenvalue weighted by molar-refractivity contribution is 7.80. The summed E-state index contributed by atoms with van der Waals surface area (Å²) < 4.78 is 11.1. The van der Waals surface area contributed by atoms with Crippen LogP contribution in [0.15, 0.2) is 36.4 Å². The molecule has 0 radical (unpaired) electrons. The lowest BCUT2D eigenvalue weighted by atomic mass is 10.0. The highest BCUT2D eigenvalue weighted by Crippen LogP contribution is 2.32. The number of benzene rings is 2. The first kappa shape index (κ1) is 16.6. The maximum Gasteiger partial charge on any atom is 0.171 e. The molecule has 2 aromatic carbocycles. The molecule has 0 aromatic heterocycles. The van der Waals surface area contributed by atoms with E-state index in [1.807, 2.05) is 18.2 Å². The number of thiocarbonyl (C=S) groups is 1. The zero-order valence-corrected chi connectivity index (χ0v) is 15.0. The predicted octanol–water partition coefficient (Wildman–Crippen LogP) is 4.12. The molecule has 0 fully saturated rings. The summed E-state index contributed by atoms with van der Waals surface area (Å²) in [6.45, 7) is 7.50. The van der Waals surface area contributed by atoms with Gasteiger partial charge in [0.05, 0.1) is 6.04 Å². The summed E-state index contributed by atoms with van der Waals surface area (Å²) in [6.07, 6.45) is 0. The summed E-state index contributed by atoms with van der Waals surface area (Å²) in [5, 5.41) is 7.10. The van der Waals surface area contributed by atoms with Gasteiger partial charge in [0.15, 0.2) is 16.6 Å². The van der Waals surface area contributed by atoms with Gasteiger partial charge in [-0.15, -0.1) is 0 Å². The van der Waals surface area contributed by atoms with E-state index in [2.05, 4.69) is 49.6 Å². The van der Waals surface area contributed by atoms with E-state index in [1.165, 1.54) is 16.7 Å². The third kappa shape index (κ3) is 3.79. The zero-order valence-electron chi connectivity index (χ0n) is 14.2. The van der Waals surface area contributed by atoms with Crippen LogP contribution in [0, 0.1) is 13.8 Å². The van der Waals surface area contributed by atoms with Crippen LogP contribution >= 0.6 is 12.2 Å². The Morgan fingerprint density at radius 3 is 2.50 bits per heavy atom. The Morgan fingerprint density at radius 2 is 1.75 bits per heavy atom. The van der Waals surface area contributed by atoms with Crippen molar-refractivity contribution in [1.29, 1.82) is 0 Å². The second-order valence-corrected chi connectivity index (χ2v) is 6.43. The molecule has 0 bridgehead atoms. The van der Waals surface area contributed by atoms with E-state index >= 15 is 0 Å². The largest absolute Gasteiger partial charge is 0.486 e. The van der Waals surface area contributed by atoms with Gasteiger partial charge in [0, 0.05) is 11.8 Å². The molecule has 0 unspecified atom stereocenters. The summed E-state index contributed by atoms with van der Waals surface area (Å²) in [4.78, 5) is 0. The number of ether oxygens (including phenoxy) is 2. The van der Waals surface area contributed by atoms with Gasteiger partial charge in [-0.1, -0.05) is 18.2 Å². The molecule has 1 aliphatic rings. The fourth-order valence-electron chi connectivity index (χ4n) is 2.60. The van der Waals surface area contributed by atoms with E-state index in [4.69, 9.17) is 21.7 Å². The maximum absolute atomic E-state index is 5.59. The SMILES string of the molecule is Cc1ccc([C@@H](C)NC(=S)Nc2ccc3c(c2)OCCO3)cc1C. The van der Waals surface area contributed by atoms with Gasteiger partial charge < -0.3 is 20.1 Å². The van der Waals surface area contributed by atoms with Crippen LogP contribution < -0.4 is 20.1 Å². The number of fused-ring (bicyclic) bond motifs is 1. The molecular formula is C19H22N2O2S. The van der Waals surface area contributed by atoms with Gasteiger partial charge in [0.25, 0.3) is 0 Å². The molecule has 24 heavy (non-hydrogen) atoms. The lowest BCUT2D eigenvalue weighted by Crippen LogP contribution is -2.31. The van der Waals surface area contributed by atoms with Gasteiger partial charge in [-0.3, -0.25) is 0 Å². The normalized spacial score (nSPS) is 14.0. The Bertz CT molecular complexity index is 761. The van der Waals surface area contributed by atoms with Gasteiger partial charge in [-0.2, -0.15) is 0 Å². The molecule has 5 heteroatoms. The van der Waals surface area contributed by atoms with Crippen molar-refractivity contribution in [3.05, 3.63) is 53.1 Å². The second kappa shape index (κ2) is 7.09.